The second kappa shape index (κ2) is 9.06. The number of halogens is 1. The predicted molar refractivity (Wildman–Crippen MR) is 108 cm³/mol. The van der Waals surface area contributed by atoms with Gasteiger partial charge in [-0.1, -0.05) is 29.4 Å². The largest absolute Gasteiger partial charge is 0.484 e. The topological polar surface area (TPSA) is 108 Å². The summed E-state index contributed by atoms with van der Waals surface area (Å²) in [6, 6.07) is 9.57. The van der Waals surface area contributed by atoms with Gasteiger partial charge in [0, 0.05) is 17.7 Å². The number of nitro benzene ring substituents is 1. The van der Waals surface area contributed by atoms with E-state index in [0.717, 1.165) is 29.0 Å². The van der Waals surface area contributed by atoms with E-state index in [9.17, 15) is 14.9 Å². The second-order valence-electron chi connectivity index (χ2n) is 6.21. The SMILES string of the molecule is Cc1cc(C)cc(OCc2nnc(SCC(=O)c3cc([N+](=O)[O-])ccc3Cl)o2)c1. The summed E-state index contributed by atoms with van der Waals surface area (Å²) in [4.78, 5) is 22.6. The van der Waals surface area contributed by atoms with E-state index in [0.29, 0.717) is 5.75 Å². The van der Waals surface area contributed by atoms with E-state index < -0.39 is 4.92 Å². The molecule has 0 spiro atoms. The van der Waals surface area contributed by atoms with Gasteiger partial charge in [-0.25, -0.2) is 0 Å². The first kappa shape index (κ1) is 20.8. The highest BCUT2D eigenvalue weighted by Gasteiger charge is 2.17. The van der Waals surface area contributed by atoms with Gasteiger partial charge in [0.15, 0.2) is 12.4 Å². The normalized spacial score (nSPS) is 10.7. The van der Waals surface area contributed by atoms with E-state index in [2.05, 4.69) is 10.2 Å². The number of aryl methyl sites for hydroxylation is 2. The van der Waals surface area contributed by atoms with Crippen molar-refractivity contribution in [2.75, 3.05) is 5.75 Å². The summed E-state index contributed by atoms with van der Waals surface area (Å²) in [6.07, 6.45) is 0. The Morgan fingerprint density at radius 3 is 2.62 bits per heavy atom. The molecule has 0 N–H and O–H groups in total. The molecule has 0 saturated heterocycles. The summed E-state index contributed by atoms with van der Waals surface area (Å²) in [5.74, 6) is 0.535. The number of hydrogen-bond donors (Lipinski definition) is 0. The Morgan fingerprint density at radius 2 is 1.93 bits per heavy atom. The summed E-state index contributed by atoms with van der Waals surface area (Å²) in [5.41, 5.74) is 2.04. The van der Waals surface area contributed by atoms with Crippen molar-refractivity contribution in [2.45, 2.75) is 25.7 Å². The van der Waals surface area contributed by atoms with Gasteiger partial charge in [-0.05, 0) is 43.2 Å². The minimum Gasteiger partial charge on any atom is -0.484 e. The Balaban J connectivity index is 1.58. The van der Waals surface area contributed by atoms with Gasteiger partial charge in [0.05, 0.1) is 15.7 Å². The lowest BCUT2D eigenvalue weighted by Gasteiger charge is -2.05. The van der Waals surface area contributed by atoms with Gasteiger partial charge in [-0.2, -0.15) is 0 Å². The Bertz CT molecular complexity index is 1050. The molecule has 1 aromatic heterocycles. The first-order valence-electron chi connectivity index (χ1n) is 8.45. The van der Waals surface area contributed by atoms with Crippen molar-refractivity contribution in [3.8, 4) is 5.75 Å². The smallest absolute Gasteiger partial charge is 0.277 e. The monoisotopic (exact) mass is 433 g/mol. The van der Waals surface area contributed by atoms with Crippen molar-refractivity contribution < 1.29 is 18.9 Å². The highest BCUT2D eigenvalue weighted by atomic mass is 35.5. The molecule has 3 aromatic rings. The molecule has 0 bridgehead atoms. The Morgan fingerprint density at radius 1 is 1.21 bits per heavy atom. The number of carbonyl (C=O) groups excluding carboxylic acids is 1. The minimum atomic E-state index is -0.583. The molecule has 29 heavy (non-hydrogen) atoms. The van der Waals surface area contributed by atoms with Crippen LogP contribution in [0.1, 0.15) is 27.4 Å². The number of thioether (sulfide) groups is 1. The average Bonchev–Trinajstić information content (AvgIpc) is 3.12. The van der Waals surface area contributed by atoms with E-state index in [1.54, 1.807) is 0 Å². The third kappa shape index (κ3) is 5.55. The van der Waals surface area contributed by atoms with E-state index >= 15 is 0 Å². The number of hydrogen-bond acceptors (Lipinski definition) is 8. The van der Waals surface area contributed by atoms with Gasteiger partial charge in [0.1, 0.15) is 5.75 Å². The van der Waals surface area contributed by atoms with Crippen molar-refractivity contribution in [1.29, 1.82) is 0 Å². The Hall–Kier alpha value is -2.91. The maximum atomic E-state index is 12.4. The molecular weight excluding hydrogens is 418 g/mol. The third-order valence-corrected chi connectivity index (χ3v) is 4.94. The highest BCUT2D eigenvalue weighted by Crippen LogP contribution is 2.25. The zero-order valence-corrected chi connectivity index (χ0v) is 17.1. The number of ether oxygens (including phenoxy) is 1. The van der Waals surface area contributed by atoms with Crippen LogP contribution in [-0.2, 0) is 6.61 Å². The summed E-state index contributed by atoms with van der Waals surface area (Å²) in [7, 11) is 0. The molecule has 0 unspecified atom stereocenters. The number of benzene rings is 2. The molecule has 0 fully saturated rings. The fourth-order valence-corrected chi connectivity index (χ4v) is 3.45. The number of non-ortho nitro benzene ring substituents is 1. The summed E-state index contributed by atoms with van der Waals surface area (Å²) >= 11 is 7.00. The fourth-order valence-electron chi connectivity index (χ4n) is 2.56. The molecule has 0 aliphatic heterocycles. The zero-order valence-electron chi connectivity index (χ0n) is 15.5. The average molecular weight is 434 g/mol. The Labute approximate surface area is 175 Å². The molecule has 0 atom stereocenters. The van der Waals surface area contributed by atoms with Crippen molar-refractivity contribution in [2.24, 2.45) is 0 Å². The number of carbonyl (C=O) groups is 1. The minimum absolute atomic E-state index is 0.0551. The van der Waals surface area contributed by atoms with Crippen LogP contribution in [0.15, 0.2) is 46.0 Å². The van der Waals surface area contributed by atoms with Crippen LogP contribution in [0.2, 0.25) is 5.02 Å². The standard InChI is InChI=1S/C19H16ClN3O5S/c1-11-5-12(2)7-14(6-11)27-9-18-21-22-19(28-18)29-10-17(24)15-8-13(23(25)26)3-4-16(15)20/h3-8H,9-10H2,1-2H3. The molecule has 1 heterocycles. The lowest BCUT2D eigenvalue weighted by molar-refractivity contribution is -0.384. The van der Waals surface area contributed by atoms with E-state index in [1.807, 2.05) is 32.0 Å². The first-order chi connectivity index (χ1) is 13.8. The lowest BCUT2D eigenvalue weighted by Crippen LogP contribution is -2.04. The maximum Gasteiger partial charge on any atom is 0.277 e. The number of nitrogens with zero attached hydrogens (tertiary/aromatic N) is 3. The number of Topliss-reactive ketones (excluding diaryl/α,β-unsaturated/α-hetero) is 1. The van der Waals surface area contributed by atoms with Gasteiger partial charge in [-0.15, -0.1) is 10.2 Å². The number of rotatable bonds is 8. The molecule has 0 radical (unpaired) electrons. The number of aromatic nitrogens is 2. The van der Waals surface area contributed by atoms with Crippen LogP contribution in [0, 0.1) is 24.0 Å². The molecule has 0 aliphatic rings. The van der Waals surface area contributed by atoms with Crippen LogP contribution in [0.25, 0.3) is 0 Å². The number of ketones is 1. The Kier molecular flexibility index (Phi) is 6.50. The van der Waals surface area contributed by atoms with Crippen molar-refractivity contribution in [3.05, 3.63) is 74.1 Å². The van der Waals surface area contributed by atoms with E-state index in [1.165, 1.54) is 12.1 Å². The predicted octanol–water partition coefficient (Wildman–Crippen LogP) is 4.80. The number of nitro groups is 1. The highest BCUT2D eigenvalue weighted by molar-refractivity contribution is 7.99. The fraction of sp³-hybridized carbons (Fsp3) is 0.211. The molecular formula is C19H16ClN3O5S. The molecule has 0 saturated carbocycles. The van der Waals surface area contributed by atoms with Crippen molar-refractivity contribution in [1.82, 2.24) is 10.2 Å². The molecule has 3 rings (SSSR count). The summed E-state index contributed by atoms with van der Waals surface area (Å²) in [5, 5.41) is 19.0. The van der Waals surface area contributed by atoms with Gasteiger partial charge in [-0.3, -0.25) is 14.9 Å². The second-order valence-corrected chi connectivity index (χ2v) is 7.54. The molecule has 150 valence electrons. The van der Waals surface area contributed by atoms with Gasteiger partial charge < -0.3 is 9.15 Å². The molecule has 8 nitrogen and oxygen atoms in total. The van der Waals surface area contributed by atoms with Crippen molar-refractivity contribution >= 4 is 34.8 Å². The molecule has 0 aliphatic carbocycles. The third-order valence-electron chi connectivity index (χ3n) is 3.79. The van der Waals surface area contributed by atoms with E-state index in [4.69, 9.17) is 20.8 Å². The van der Waals surface area contributed by atoms with Gasteiger partial charge in [0.2, 0.25) is 0 Å². The van der Waals surface area contributed by atoms with Crippen LogP contribution >= 0.6 is 23.4 Å². The van der Waals surface area contributed by atoms with Crippen molar-refractivity contribution in [3.63, 3.8) is 0 Å². The summed E-state index contributed by atoms with van der Waals surface area (Å²) < 4.78 is 11.1. The molecule has 0 amide bonds. The first-order valence-corrected chi connectivity index (χ1v) is 9.81. The molecule has 10 heteroatoms. The zero-order chi connectivity index (χ0) is 21.0. The van der Waals surface area contributed by atoms with Gasteiger partial charge in [0.25, 0.3) is 16.8 Å². The lowest BCUT2D eigenvalue weighted by atomic mass is 10.1. The summed E-state index contributed by atoms with van der Waals surface area (Å²) in [6.45, 7) is 4.05. The van der Waals surface area contributed by atoms with Crippen LogP contribution in [0.4, 0.5) is 5.69 Å². The van der Waals surface area contributed by atoms with Crippen LogP contribution < -0.4 is 4.74 Å². The quantitative estimate of drug-likeness (QED) is 0.215. The van der Waals surface area contributed by atoms with Crippen LogP contribution in [0.3, 0.4) is 0 Å². The maximum absolute atomic E-state index is 12.4. The van der Waals surface area contributed by atoms with E-state index in [-0.39, 0.29) is 45.5 Å². The van der Waals surface area contributed by atoms with Crippen LogP contribution in [0.5, 0.6) is 5.75 Å². The van der Waals surface area contributed by atoms with Gasteiger partial charge >= 0.3 is 0 Å². The van der Waals surface area contributed by atoms with Crippen LogP contribution in [-0.4, -0.2) is 26.7 Å². The molecule has 2 aromatic carbocycles.